The zero-order valence-corrected chi connectivity index (χ0v) is 12.4. The summed E-state index contributed by atoms with van der Waals surface area (Å²) < 4.78 is 37.7. The summed E-state index contributed by atoms with van der Waals surface area (Å²) in [6, 6.07) is 7.14. The van der Waals surface area contributed by atoms with Crippen LogP contribution in [0.4, 0.5) is 29.3 Å². The molecule has 0 aliphatic rings. The summed E-state index contributed by atoms with van der Waals surface area (Å²) in [4.78, 5) is 26.2. The van der Waals surface area contributed by atoms with Crippen molar-refractivity contribution in [3.8, 4) is 0 Å². The number of amides is 3. The van der Waals surface area contributed by atoms with Crippen LogP contribution in [0.2, 0.25) is 0 Å². The van der Waals surface area contributed by atoms with Gasteiger partial charge in [-0.1, -0.05) is 0 Å². The molecule has 2 rings (SSSR count). The number of pyridine rings is 1. The zero-order chi connectivity index (χ0) is 17.9. The lowest BCUT2D eigenvalue weighted by atomic mass is 10.1. The van der Waals surface area contributed by atoms with E-state index in [9.17, 15) is 22.8 Å². The fourth-order valence-corrected chi connectivity index (χ4v) is 1.94. The first-order valence-electron chi connectivity index (χ1n) is 6.69. The normalized spacial score (nSPS) is 11.0. The maximum atomic E-state index is 12.6. The number of hydrogen-bond donors (Lipinski definition) is 3. The van der Waals surface area contributed by atoms with Crippen LogP contribution < -0.4 is 16.4 Å². The fraction of sp³-hybridized carbons (Fsp3) is 0.133. The molecule has 0 aliphatic carbocycles. The van der Waals surface area contributed by atoms with Crippen molar-refractivity contribution in [1.29, 1.82) is 0 Å². The van der Waals surface area contributed by atoms with E-state index in [4.69, 9.17) is 5.73 Å². The van der Waals surface area contributed by atoms with Gasteiger partial charge in [0, 0.05) is 11.4 Å². The summed E-state index contributed by atoms with van der Waals surface area (Å²) in [6.07, 6.45) is -4.57. The van der Waals surface area contributed by atoms with E-state index in [0.717, 1.165) is 12.1 Å². The largest absolute Gasteiger partial charge is 0.433 e. The maximum absolute atomic E-state index is 12.6. The molecule has 0 atom stereocenters. The number of nitrogens with two attached hydrogens (primary N) is 1. The quantitative estimate of drug-likeness (QED) is 0.802. The highest BCUT2D eigenvalue weighted by atomic mass is 19.4. The molecule has 6 nitrogen and oxygen atoms in total. The van der Waals surface area contributed by atoms with Crippen molar-refractivity contribution in [2.75, 3.05) is 10.6 Å². The zero-order valence-electron chi connectivity index (χ0n) is 12.4. The number of halogens is 3. The predicted octanol–water partition coefficient (Wildman–Crippen LogP) is 3.15. The smallest absolute Gasteiger partial charge is 0.351 e. The molecule has 0 aliphatic heterocycles. The second kappa shape index (κ2) is 6.57. The van der Waals surface area contributed by atoms with Gasteiger partial charge in [0.25, 0.3) is 5.91 Å². The molecule has 0 spiro atoms. The first kappa shape index (κ1) is 17.3. The Kier molecular flexibility index (Phi) is 4.72. The van der Waals surface area contributed by atoms with Crippen molar-refractivity contribution in [3.63, 3.8) is 0 Å². The number of anilines is 2. The van der Waals surface area contributed by atoms with Gasteiger partial charge in [0.05, 0.1) is 11.3 Å². The van der Waals surface area contributed by atoms with E-state index in [1.165, 1.54) is 31.2 Å². The van der Waals surface area contributed by atoms with Gasteiger partial charge in [-0.15, -0.1) is 0 Å². The van der Waals surface area contributed by atoms with Crippen LogP contribution in [0.3, 0.4) is 0 Å². The number of nitrogens with zero attached hydrogens (tertiary/aromatic N) is 1. The van der Waals surface area contributed by atoms with Crippen molar-refractivity contribution in [1.82, 2.24) is 4.98 Å². The first-order chi connectivity index (χ1) is 11.2. The summed E-state index contributed by atoms with van der Waals surface area (Å²) in [5.74, 6) is -0.593. The Morgan fingerprint density at radius 3 is 2.00 bits per heavy atom. The van der Waals surface area contributed by atoms with Crippen LogP contribution in [-0.4, -0.2) is 16.9 Å². The molecule has 2 aromatic rings. The number of carbonyl (C=O) groups excluding carboxylic acids is 2. The average molecular weight is 338 g/mol. The van der Waals surface area contributed by atoms with Gasteiger partial charge in [0.2, 0.25) is 0 Å². The Labute approximate surface area is 134 Å². The topological polar surface area (TPSA) is 97.1 Å². The van der Waals surface area contributed by atoms with Gasteiger partial charge in [0.15, 0.2) is 0 Å². The van der Waals surface area contributed by atoms with Crippen LogP contribution in [0.15, 0.2) is 36.4 Å². The van der Waals surface area contributed by atoms with Gasteiger partial charge in [-0.3, -0.25) is 4.79 Å². The van der Waals surface area contributed by atoms with Gasteiger partial charge >= 0.3 is 12.2 Å². The average Bonchev–Trinajstić information content (AvgIpc) is 2.47. The number of carbonyl (C=O) groups is 2. The first-order valence-corrected chi connectivity index (χ1v) is 6.69. The van der Waals surface area contributed by atoms with E-state index in [1.54, 1.807) is 0 Å². The van der Waals surface area contributed by atoms with Gasteiger partial charge in [0.1, 0.15) is 5.69 Å². The minimum absolute atomic E-state index is 0.0299. The van der Waals surface area contributed by atoms with E-state index in [-0.39, 0.29) is 11.3 Å². The van der Waals surface area contributed by atoms with Crippen molar-refractivity contribution >= 4 is 23.3 Å². The molecular weight excluding hydrogens is 325 g/mol. The maximum Gasteiger partial charge on any atom is 0.433 e. The molecule has 9 heteroatoms. The van der Waals surface area contributed by atoms with Gasteiger partial charge in [-0.2, -0.15) is 13.2 Å². The van der Waals surface area contributed by atoms with Crippen LogP contribution in [-0.2, 0) is 6.18 Å². The van der Waals surface area contributed by atoms with Crippen molar-refractivity contribution in [2.45, 2.75) is 13.1 Å². The lowest BCUT2D eigenvalue weighted by molar-refractivity contribution is -0.141. The number of benzene rings is 1. The SMILES string of the molecule is Cc1nc(C(F)(F)F)ccc1C(=O)Nc1ccc(NC(N)=O)cc1. The van der Waals surface area contributed by atoms with Crippen LogP contribution in [0.1, 0.15) is 21.7 Å². The monoisotopic (exact) mass is 338 g/mol. The highest BCUT2D eigenvalue weighted by Crippen LogP contribution is 2.28. The van der Waals surface area contributed by atoms with Crippen molar-refractivity contribution < 1.29 is 22.8 Å². The van der Waals surface area contributed by atoms with Gasteiger partial charge < -0.3 is 16.4 Å². The molecule has 4 N–H and O–H groups in total. The highest BCUT2D eigenvalue weighted by Gasteiger charge is 2.33. The van der Waals surface area contributed by atoms with Crippen LogP contribution in [0.25, 0.3) is 0 Å². The molecule has 1 heterocycles. The molecule has 0 bridgehead atoms. The van der Waals surface area contributed by atoms with E-state index < -0.39 is 23.8 Å². The Morgan fingerprint density at radius 2 is 1.54 bits per heavy atom. The summed E-state index contributed by atoms with van der Waals surface area (Å²) >= 11 is 0. The minimum Gasteiger partial charge on any atom is -0.351 e. The third kappa shape index (κ3) is 4.22. The third-order valence-electron chi connectivity index (χ3n) is 3.03. The van der Waals surface area contributed by atoms with Gasteiger partial charge in [-0.05, 0) is 43.3 Å². The minimum atomic E-state index is -4.57. The third-order valence-corrected chi connectivity index (χ3v) is 3.03. The van der Waals surface area contributed by atoms with E-state index in [0.29, 0.717) is 11.4 Å². The van der Waals surface area contributed by atoms with Crippen LogP contribution in [0.5, 0.6) is 0 Å². The predicted molar refractivity (Wildman–Crippen MR) is 81.6 cm³/mol. The fourth-order valence-electron chi connectivity index (χ4n) is 1.94. The van der Waals surface area contributed by atoms with E-state index >= 15 is 0 Å². The van der Waals surface area contributed by atoms with E-state index in [1.807, 2.05) is 0 Å². The number of rotatable bonds is 3. The molecule has 0 saturated heterocycles. The summed E-state index contributed by atoms with van der Waals surface area (Å²) in [5.41, 5.74) is 4.75. The van der Waals surface area contributed by atoms with Gasteiger partial charge in [-0.25, -0.2) is 9.78 Å². The molecule has 1 aromatic carbocycles. The molecule has 3 amide bonds. The molecule has 0 saturated carbocycles. The number of aromatic nitrogens is 1. The van der Waals surface area contributed by atoms with Crippen molar-refractivity contribution in [3.05, 3.63) is 53.3 Å². The molecule has 24 heavy (non-hydrogen) atoms. The molecule has 0 fully saturated rings. The standard InChI is InChI=1S/C15H13F3N4O2/c1-8-11(6-7-12(20-8)15(16,17)18)13(23)21-9-2-4-10(5-3-9)22-14(19)24/h2-7H,1H3,(H,21,23)(H3,19,22,24). The second-order valence-corrected chi connectivity index (χ2v) is 4.85. The Balaban J connectivity index is 2.13. The Bertz CT molecular complexity index is 773. The van der Waals surface area contributed by atoms with E-state index in [2.05, 4.69) is 15.6 Å². The molecule has 126 valence electrons. The highest BCUT2D eigenvalue weighted by molar-refractivity contribution is 6.05. The number of aryl methyl sites for hydroxylation is 1. The number of alkyl halides is 3. The number of urea groups is 1. The number of nitrogens with one attached hydrogen (secondary N) is 2. The Morgan fingerprint density at radius 1 is 1.00 bits per heavy atom. The summed E-state index contributed by atoms with van der Waals surface area (Å²) in [6.45, 7) is 1.32. The molecular formula is C15H13F3N4O2. The van der Waals surface area contributed by atoms with Crippen LogP contribution in [0, 0.1) is 6.92 Å². The number of primary amides is 1. The lowest BCUT2D eigenvalue weighted by Crippen LogP contribution is -2.19. The number of hydrogen-bond acceptors (Lipinski definition) is 3. The summed E-state index contributed by atoms with van der Waals surface area (Å²) in [7, 11) is 0. The second-order valence-electron chi connectivity index (χ2n) is 4.85. The molecule has 0 radical (unpaired) electrons. The Hall–Kier alpha value is -3.10. The lowest BCUT2D eigenvalue weighted by Gasteiger charge is -2.11. The molecule has 0 unspecified atom stereocenters. The van der Waals surface area contributed by atoms with Crippen LogP contribution >= 0.6 is 0 Å². The van der Waals surface area contributed by atoms with Crippen molar-refractivity contribution in [2.24, 2.45) is 5.73 Å². The summed E-state index contributed by atoms with van der Waals surface area (Å²) in [5, 5.41) is 4.89. The molecule has 1 aromatic heterocycles.